The van der Waals surface area contributed by atoms with Crippen LogP contribution in [-0.2, 0) is 0 Å². The van der Waals surface area contributed by atoms with E-state index >= 15 is 0 Å². The van der Waals surface area contributed by atoms with E-state index in [2.05, 4.69) is 6.92 Å². The summed E-state index contributed by atoms with van der Waals surface area (Å²) in [6.45, 7) is 2.26. The van der Waals surface area contributed by atoms with Gasteiger partial charge in [-0.25, -0.2) is 0 Å². The molecule has 0 saturated carbocycles. The van der Waals surface area contributed by atoms with E-state index < -0.39 is 0 Å². The van der Waals surface area contributed by atoms with Crippen molar-refractivity contribution in [1.29, 1.82) is 5.41 Å². The molecule has 0 amide bonds. The predicted octanol–water partition coefficient (Wildman–Crippen LogP) is 1.54. The first-order valence-corrected chi connectivity index (χ1v) is 7.72. The maximum Gasteiger partial charge on any atom is 0.151 e. The molecule has 104 valence electrons. The lowest BCUT2D eigenvalue weighted by molar-refractivity contribution is -0.00000386. The Morgan fingerprint density at radius 2 is 1.29 bits per heavy atom. The largest absolute Gasteiger partial charge is 1.00 e. The number of nitrogens with two attached hydrogens (primary N) is 1. The van der Waals surface area contributed by atoms with Crippen molar-refractivity contribution in [2.75, 3.05) is 5.75 Å². The lowest BCUT2D eigenvalue weighted by Crippen LogP contribution is -3.00. The highest BCUT2D eigenvalue weighted by atomic mass is 127. The molecule has 17 heavy (non-hydrogen) atoms. The second kappa shape index (κ2) is 16.6. The number of amidine groups is 1. The van der Waals surface area contributed by atoms with Crippen LogP contribution in [0.25, 0.3) is 0 Å². The number of unbranched alkanes of at least 4 members (excludes halogenated alkanes) is 9. The molecule has 0 saturated heterocycles. The fourth-order valence-corrected chi connectivity index (χ4v) is 2.34. The van der Waals surface area contributed by atoms with Crippen molar-refractivity contribution in [3.63, 3.8) is 0 Å². The first-order chi connectivity index (χ1) is 7.77. The normalized spacial score (nSPS) is 9.94. The van der Waals surface area contributed by atoms with E-state index in [-0.39, 0.29) is 29.1 Å². The third kappa shape index (κ3) is 19.1. The maximum atomic E-state index is 7.06. The van der Waals surface area contributed by atoms with Crippen molar-refractivity contribution >= 4 is 16.9 Å². The Kier molecular flexibility index (Phi) is 19.4. The third-order valence-electron chi connectivity index (χ3n) is 2.76. The molecule has 2 nitrogen and oxygen atoms in total. The highest BCUT2D eigenvalue weighted by Crippen LogP contribution is 2.11. The molecular formula is C13H28IN2S-. The van der Waals surface area contributed by atoms with Crippen LogP contribution in [0.15, 0.2) is 0 Å². The fraction of sp³-hybridized carbons (Fsp3) is 0.923. The first-order valence-electron chi connectivity index (χ1n) is 6.74. The average molecular weight is 371 g/mol. The van der Waals surface area contributed by atoms with Gasteiger partial charge in [-0.3, -0.25) is 5.41 Å². The third-order valence-corrected chi connectivity index (χ3v) is 3.56. The molecule has 0 atom stereocenters. The Bertz CT molecular complexity index is 165. The number of hydrogen-bond donors (Lipinski definition) is 2. The molecule has 0 spiro atoms. The van der Waals surface area contributed by atoms with Gasteiger partial charge in [-0.1, -0.05) is 76.5 Å². The summed E-state index contributed by atoms with van der Waals surface area (Å²) in [5.41, 5.74) is 5.26. The first kappa shape index (κ1) is 19.9. The van der Waals surface area contributed by atoms with Crippen LogP contribution in [0.2, 0.25) is 0 Å². The molecule has 0 bridgehead atoms. The van der Waals surface area contributed by atoms with Gasteiger partial charge >= 0.3 is 0 Å². The predicted molar refractivity (Wildman–Crippen MR) is 76.2 cm³/mol. The molecule has 0 rings (SSSR count). The van der Waals surface area contributed by atoms with E-state index in [9.17, 15) is 0 Å². The van der Waals surface area contributed by atoms with E-state index in [1.165, 1.54) is 76.0 Å². The number of halogens is 1. The number of hydrogen-bond acceptors (Lipinski definition) is 2. The molecule has 0 fully saturated rings. The SMILES string of the molecule is CCCCCCCCCCCCSC(=N)N.[I-]. The van der Waals surface area contributed by atoms with Gasteiger partial charge in [0.05, 0.1) is 0 Å². The van der Waals surface area contributed by atoms with Crippen molar-refractivity contribution in [2.45, 2.75) is 71.1 Å². The second-order valence-corrected chi connectivity index (χ2v) is 5.53. The Labute approximate surface area is 128 Å². The van der Waals surface area contributed by atoms with Crippen LogP contribution >= 0.6 is 11.8 Å². The van der Waals surface area contributed by atoms with Gasteiger partial charge in [0.15, 0.2) is 5.17 Å². The molecular weight excluding hydrogens is 343 g/mol. The van der Waals surface area contributed by atoms with E-state index in [0.717, 1.165) is 5.75 Å². The number of rotatable bonds is 11. The molecule has 0 unspecified atom stereocenters. The Morgan fingerprint density at radius 3 is 1.71 bits per heavy atom. The van der Waals surface area contributed by atoms with Crippen LogP contribution in [0.3, 0.4) is 0 Å². The van der Waals surface area contributed by atoms with Crippen molar-refractivity contribution in [2.24, 2.45) is 5.73 Å². The molecule has 0 aliphatic rings. The van der Waals surface area contributed by atoms with Gasteiger partial charge in [-0.15, -0.1) is 0 Å². The number of nitrogens with one attached hydrogen (secondary N) is 1. The Balaban J connectivity index is 0. The van der Waals surface area contributed by atoms with E-state index in [1.54, 1.807) is 0 Å². The zero-order valence-electron chi connectivity index (χ0n) is 11.1. The molecule has 0 aromatic heterocycles. The van der Waals surface area contributed by atoms with Crippen LogP contribution in [0.1, 0.15) is 71.1 Å². The maximum absolute atomic E-state index is 7.06. The van der Waals surface area contributed by atoms with Crippen LogP contribution in [0.4, 0.5) is 0 Å². The van der Waals surface area contributed by atoms with Gasteiger partial charge in [-0.05, 0) is 6.42 Å². The van der Waals surface area contributed by atoms with Crippen LogP contribution in [-0.4, -0.2) is 10.9 Å². The quantitative estimate of drug-likeness (QED) is 0.251. The zero-order chi connectivity index (χ0) is 12.1. The zero-order valence-corrected chi connectivity index (χ0v) is 14.1. The summed E-state index contributed by atoms with van der Waals surface area (Å²) in [5.74, 6) is 1.02. The van der Waals surface area contributed by atoms with Gasteiger partial charge < -0.3 is 29.7 Å². The van der Waals surface area contributed by atoms with Gasteiger partial charge in [0.25, 0.3) is 0 Å². The molecule has 0 radical (unpaired) electrons. The topological polar surface area (TPSA) is 49.9 Å². The summed E-state index contributed by atoms with van der Waals surface area (Å²) in [4.78, 5) is 0. The average Bonchev–Trinajstić information content (AvgIpc) is 2.25. The highest BCUT2D eigenvalue weighted by Gasteiger charge is 1.94. The molecule has 0 aromatic carbocycles. The van der Waals surface area contributed by atoms with Crippen molar-refractivity contribution in [3.8, 4) is 0 Å². The Morgan fingerprint density at radius 1 is 0.882 bits per heavy atom. The van der Waals surface area contributed by atoms with E-state index in [0.29, 0.717) is 0 Å². The molecule has 0 heterocycles. The highest BCUT2D eigenvalue weighted by molar-refractivity contribution is 8.13. The molecule has 0 aliphatic heterocycles. The lowest BCUT2D eigenvalue weighted by Gasteiger charge is -2.02. The van der Waals surface area contributed by atoms with Gasteiger partial charge in [0, 0.05) is 5.75 Å². The van der Waals surface area contributed by atoms with Crippen LogP contribution < -0.4 is 29.7 Å². The lowest BCUT2D eigenvalue weighted by atomic mass is 10.1. The molecule has 0 aliphatic carbocycles. The molecule has 4 heteroatoms. The van der Waals surface area contributed by atoms with Crippen molar-refractivity contribution in [3.05, 3.63) is 0 Å². The molecule has 0 aromatic rings. The number of thioether (sulfide) groups is 1. The van der Waals surface area contributed by atoms with E-state index in [4.69, 9.17) is 11.1 Å². The fourth-order valence-electron chi connectivity index (χ4n) is 1.77. The smallest absolute Gasteiger partial charge is 0.151 e. The van der Waals surface area contributed by atoms with Gasteiger partial charge in [0.2, 0.25) is 0 Å². The van der Waals surface area contributed by atoms with Gasteiger partial charge in [-0.2, -0.15) is 0 Å². The van der Waals surface area contributed by atoms with Crippen molar-refractivity contribution < 1.29 is 24.0 Å². The van der Waals surface area contributed by atoms with Crippen molar-refractivity contribution in [1.82, 2.24) is 0 Å². The summed E-state index contributed by atoms with van der Waals surface area (Å²) in [6, 6.07) is 0. The van der Waals surface area contributed by atoms with Crippen LogP contribution in [0.5, 0.6) is 0 Å². The minimum atomic E-state index is 0. The van der Waals surface area contributed by atoms with Crippen LogP contribution in [0, 0.1) is 5.41 Å². The summed E-state index contributed by atoms with van der Waals surface area (Å²) < 4.78 is 0. The Hall–Kier alpha value is 0.550. The van der Waals surface area contributed by atoms with Gasteiger partial charge in [0.1, 0.15) is 0 Å². The summed E-state index contributed by atoms with van der Waals surface area (Å²) in [6.07, 6.45) is 13.7. The summed E-state index contributed by atoms with van der Waals surface area (Å²) in [5, 5.41) is 7.32. The van der Waals surface area contributed by atoms with E-state index in [1.807, 2.05) is 0 Å². The second-order valence-electron chi connectivity index (χ2n) is 4.39. The summed E-state index contributed by atoms with van der Waals surface area (Å²) >= 11 is 1.47. The minimum Gasteiger partial charge on any atom is -1.00 e. The standard InChI is InChI=1S/C13H28N2S.HI/c1-2-3-4-5-6-7-8-9-10-11-12-16-13(14)15;/h2-12H2,1H3,(H3,14,15);1H/p-1. The summed E-state index contributed by atoms with van der Waals surface area (Å²) in [7, 11) is 0. The minimum absolute atomic E-state index is 0. The molecule has 3 N–H and O–H groups in total. The monoisotopic (exact) mass is 371 g/mol.